The highest BCUT2D eigenvalue weighted by atomic mass is 32.2. The third-order valence-corrected chi connectivity index (χ3v) is 5.57. The second-order valence-corrected chi connectivity index (χ2v) is 8.20. The maximum Gasteiger partial charge on any atom is 0.265 e. The van der Waals surface area contributed by atoms with Crippen molar-refractivity contribution in [3.63, 3.8) is 0 Å². The lowest BCUT2D eigenvalue weighted by atomic mass is 10.2. The molecule has 0 radical (unpaired) electrons. The number of hydrogen-bond acceptors (Lipinski definition) is 6. The van der Waals surface area contributed by atoms with Gasteiger partial charge in [-0.2, -0.15) is 0 Å². The Morgan fingerprint density at radius 2 is 1.97 bits per heavy atom. The molecule has 0 spiro atoms. The maximum absolute atomic E-state index is 13.4. The summed E-state index contributed by atoms with van der Waals surface area (Å²) in [6, 6.07) is 9.67. The molecule has 31 heavy (non-hydrogen) atoms. The normalized spacial score (nSPS) is 11.5. The summed E-state index contributed by atoms with van der Waals surface area (Å²) in [6.07, 6.45) is 3.16. The average Bonchev–Trinajstić information content (AvgIpc) is 3.05. The van der Waals surface area contributed by atoms with Crippen LogP contribution in [0, 0.1) is 12.7 Å². The Morgan fingerprint density at radius 1 is 1.19 bits per heavy atom. The fraction of sp³-hybridized carbons (Fsp3) is 0.143. The number of anilines is 2. The molecule has 2 N–H and O–H groups in total. The Hall–Kier alpha value is -3.66. The van der Waals surface area contributed by atoms with E-state index < -0.39 is 15.8 Å². The van der Waals surface area contributed by atoms with Gasteiger partial charge in [0.15, 0.2) is 5.76 Å². The van der Waals surface area contributed by atoms with Crippen molar-refractivity contribution in [1.82, 2.24) is 5.16 Å². The zero-order valence-corrected chi connectivity index (χ0v) is 17.8. The van der Waals surface area contributed by atoms with Crippen molar-refractivity contribution in [2.45, 2.75) is 18.7 Å². The smallest absolute Gasteiger partial charge is 0.265 e. The molecule has 3 aromatic rings. The lowest BCUT2D eigenvalue weighted by Crippen LogP contribution is -2.14. The van der Waals surface area contributed by atoms with Crippen molar-refractivity contribution in [3.05, 3.63) is 65.3 Å². The first-order valence-electron chi connectivity index (χ1n) is 9.08. The first-order valence-corrected chi connectivity index (χ1v) is 10.6. The van der Waals surface area contributed by atoms with Gasteiger partial charge in [0, 0.05) is 6.92 Å². The Morgan fingerprint density at radius 3 is 2.65 bits per heavy atom. The van der Waals surface area contributed by atoms with Crippen LogP contribution >= 0.6 is 0 Å². The number of sulfonamides is 1. The summed E-state index contributed by atoms with van der Waals surface area (Å²) in [4.78, 5) is 11.2. The number of rotatable bonds is 7. The predicted molar refractivity (Wildman–Crippen MR) is 115 cm³/mol. The minimum absolute atomic E-state index is 0.0834. The quantitative estimate of drug-likeness (QED) is 0.567. The molecule has 0 aliphatic carbocycles. The number of benzene rings is 2. The molecule has 2 aromatic carbocycles. The van der Waals surface area contributed by atoms with Gasteiger partial charge >= 0.3 is 0 Å². The molecule has 1 aromatic heterocycles. The molecule has 0 fully saturated rings. The van der Waals surface area contributed by atoms with Crippen LogP contribution in [0.5, 0.6) is 5.75 Å². The number of nitrogens with one attached hydrogen (secondary N) is 2. The number of nitrogens with zero attached hydrogens (tertiary/aromatic N) is 1. The largest absolute Gasteiger partial charge is 0.495 e. The van der Waals surface area contributed by atoms with E-state index in [0.29, 0.717) is 22.7 Å². The Balaban J connectivity index is 1.94. The van der Waals surface area contributed by atoms with Gasteiger partial charge in [-0.1, -0.05) is 23.4 Å². The van der Waals surface area contributed by atoms with Crippen molar-refractivity contribution in [3.8, 4) is 5.75 Å². The van der Waals surface area contributed by atoms with Crippen molar-refractivity contribution in [2.75, 3.05) is 17.1 Å². The van der Waals surface area contributed by atoms with Crippen LogP contribution in [0.1, 0.15) is 23.9 Å². The van der Waals surface area contributed by atoms with Crippen LogP contribution in [0.25, 0.3) is 12.2 Å². The zero-order chi connectivity index (χ0) is 22.6. The van der Waals surface area contributed by atoms with Gasteiger partial charge in [0.1, 0.15) is 27.8 Å². The van der Waals surface area contributed by atoms with Gasteiger partial charge in [0.25, 0.3) is 10.0 Å². The molecular formula is C21H20FN3O5S. The van der Waals surface area contributed by atoms with Crippen LogP contribution in [0.3, 0.4) is 0 Å². The number of carbonyl (C=O) groups excluding carboxylic acids is 1. The molecule has 1 amide bonds. The first-order chi connectivity index (χ1) is 14.7. The van der Waals surface area contributed by atoms with Crippen molar-refractivity contribution >= 4 is 39.5 Å². The van der Waals surface area contributed by atoms with Crippen LogP contribution in [0.4, 0.5) is 15.8 Å². The molecular weight excluding hydrogens is 425 g/mol. The van der Waals surface area contributed by atoms with Gasteiger partial charge in [-0.15, -0.1) is 0 Å². The number of methoxy groups -OCH3 is 1. The van der Waals surface area contributed by atoms with Crippen molar-refractivity contribution < 1.29 is 26.9 Å². The van der Waals surface area contributed by atoms with E-state index in [1.807, 2.05) is 0 Å². The molecule has 10 heteroatoms. The Bertz CT molecular complexity index is 1250. The van der Waals surface area contributed by atoms with Crippen LogP contribution in [0.15, 0.2) is 51.9 Å². The first kappa shape index (κ1) is 22.0. The van der Waals surface area contributed by atoms with E-state index >= 15 is 0 Å². The number of amides is 1. The zero-order valence-electron chi connectivity index (χ0n) is 17.0. The molecule has 0 aliphatic heterocycles. The lowest BCUT2D eigenvalue weighted by Gasteiger charge is -2.12. The molecule has 0 atom stereocenters. The van der Waals surface area contributed by atoms with E-state index in [1.165, 1.54) is 44.4 Å². The lowest BCUT2D eigenvalue weighted by molar-refractivity contribution is -0.114. The topological polar surface area (TPSA) is 111 Å². The summed E-state index contributed by atoms with van der Waals surface area (Å²) in [5.74, 6) is -0.412. The van der Waals surface area contributed by atoms with Crippen LogP contribution in [-0.2, 0) is 14.8 Å². The van der Waals surface area contributed by atoms with E-state index in [4.69, 9.17) is 9.26 Å². The highest BCUT2D eigenvalue weighted by molar-refractivity contribution is 7.92. The molecule has 0 bridgehead atoms. The summed E-state index contributed by atoms with van der Waals surface area (Å²) >= 11 is 0. The van der Waals surface area contributed by atoms with Crippen LogP contribution < -0.4 is 14.8 Å². The fourth-order valence-corrected chi connectivity index (χ4v) is 4.02. The molecule has 3 rings (SSSR count). The van der Waals surface area contributed by atoms with E-state index in [1.54, 1.807) is 25.1 Å². The molecule has 0 saturated heterocycles. The number of ether oxygens (including phenoxy) is 1. The van der Waals surface area contributed by atoms with Gasteiger partial charge < -0.3 is 14.6 Å². The van der Waals surface area contributed by atoms with Gasteiger partial charge in [0.2, 0.25) is 5.91 Å². The molecule has 1 heterocycles. The number of hydrogen-bond donors (Lipinski definition) is 2. The van der Waals surface area contributed by atoms with E-state index in [2.05, 4.69) is 15.2 Å². The molecule has 0 aliphatic rings. The fourth-order valence-electron chi connectivity index (χ4n) is 2.77. The third-order valence-electron chi connectivity index (χ3n) is 4.17. The number of aryl methyl sites for hydroxylation is 1. The van der Waals surface area contributed by atoms with E-state index in [-0.39, 0.29) is 22.2 Å². The summed E-state index contributed by atoms with van der Waals surface area (Å²) in [7, 11) is -2.72. The van der Waals surface area contributed by atoms with E-state index in [9.17, 15) is 17.6 Å². The second-order valence-electron chi connectivity index (χ2n) is 6.55. The summed E-state index contributed by atoms with van der Waals surface area (Å²) < 4.78 is 51.9. The Kier molecular flexibility index (Phi) is 6.40. The molecule has 0 saturated carbocycles. The standard InChI is InChI=1S/C21H20FN3O5S/c1-13-21(23-14(2)26)19(30-24-13)10-8-15-7-9-18(29-3)20(11-15)31(27,28)25-17-6-4-5-16(22)12-17/h4-12,25H,1-3H3,(H,23,26). The van der Waals surface area contributed by atoms with Crippen molar-refractivity contribution in [1.29, 1.82) is 0 Å². The highest BCUT2D eigenvalue weighted by Crippen LogP contribution is 2.29. The number of halogens is 1. The summed E-state index contributed by atoms with van der Waals surface area (Å²) in [6.45, 7) is 3.05. The SMILES string of the molecule is COc1ccc(C=Cc2onc(C)c2NC(C)=O)cc1S(=O)(=O)Nc1cccc(F)c1. The molecule has 0 unspecified atom stereocenters. The van der Waals surface area contributed by atoms with Crippen LogP contribution in [-0.4, -0.2) is 26.6 Å². The number of aromatic nitrogens is 1. The maximum atomic E-state index is 13.4. The third kappa shape index (κ3) is 5.28. The average molecular weight is 445 g/mol. The second kappa shape index (κ2) is 9.00. The summed E-state index contributed by atoms with van der Waals surface area (Å²) in [5.41, 5.74) is 1.54. The monoisotopic (exact) mass is 445 g/mol. The summed E-state index contributed by atoms with van der Waals surface area (Å²) in [5, 5.41) is 6.46. The predicted octanol–water partition coefficient (Wildman–Crippen LogP) is 4.06. The van der Waals surface area contributed by atoms with Gasteiger partial charge in [-0.3, -0.25) is 9.52 Å². The Labute approximate surface area is 178 Å². The van der Waals surface area contributed by atoms with Gasteiger partial charge in [0.05, 0.1) is 12.8 Å². The van der Waals surface area contributed by atoms with Crippen LogP contribution in [0.2, 0.25) is 0 Å². The highest BCUT2D eigenvalue weighted by Gasteiger charge is 2.20. The van der Waals surface area contributed by atoms with Gasteiger partial charge in [-0.25, -0.2) is 12.8 Å². The van der Waals surface area contributed by atoms with E-state index in [0.717, 1.165) is 6.07 Å². The molecule has 162 valence electrons. The minimum atomic E-state index is -4.07. The van der Waals surface area contributed by atoms with Gasteiger partial charge in [-0.05, 0) is 48.9 Å². The molecule has 8 nitrogen and oxygen atoms in total. The number of carbonyl (C=O) groups is 1. The van der Waals surface area contributed by atoms with Crippen molar-refractivity contribution in [2.24, 2.45) is 0 Å². The minimum Gasteiger partial charge on any atom is -0.495 e.